The highest BCUT2D eigenvalue weighted by molar-refractivity contribution is 7.89. The van der Waals surface area contributed by atoms with Gasteiger partial charge in [-0.2, -0.15) is 17.5 Å². The lowest BCUT2D eigenvalue weighted by Gasteiger charge is -2.33. The highest BCUT2D eigenvalue weighted by Gasteiger charge is 2.40. The van der Waals surface area contributed by atoms with Crippen molar-refractivity contribution < 1.29 is 31.1 Å². The smallest absolute Gasteiger partial charge is 0.416 e. The summed E-state index contributed by atoms with van der Waals surface area (Å²) in [5.74, 6) is -0.672. The lowest BCUT2D eigenvalue weighted by Crippen LogP contribution is -2.48. The molecule has 1 aromatic carbocycles. The molecule has 1 aromatic rings. The van der Waals surface area contributed by atoms with Crippen molar-refractivity contribution in [1.82, 2.24) is 4.31 Å². The van der Waals surface area contributed by atoms with Gasteiger partial charge in [0.25, 0.3) is 0 Å². The average molecular weight is 400 g/mol. The van der Waals surface area contributed by atoms with E-state index in [4.69, 9.17) is 16.3 Å². The van der Waals surface area contributed by atoms with Gasteiger partial charge in [-0.3, -0.25) is 4.79 Å². The van der Waals surface area contributed by atoms with E-state index in [1.165, 1.54) is 0 Å². The Labute approximate surface area is 148 Å². The largest absolute Gasteiger partial charge is 0.465 e. The van der Waals surface area contributed by atoms with Gasteiger partial charge in [0.15, 0.2) is 0 Å². The minimum Gasteiger partial charge on any atom is -0.465 e. The second-order valence-corrected chi connectivity index (χ2v) is 7.79. The summed E-state index contributed by atoms with van der Waals surface area (Å²) in [5, 5.41) is -0.539. The van der Waals surface area contributed by atoms with E-state index < -0.39 is 43.7 Å². The molecule has 0 unspecified atom stereocenters. The van der Waals surface area contributed by atoms with Crippen LogP contribution in [-0.4, -0.2) is 37.9 Å². The zero-order valence-corrected chi connectivity index (χ0v) is 14.9. The molecule has 1 fully saturated rings. The monoisotopic (exact) mass is 399 g/mol. The van der Waals surface area contributed by atoms with Crippen molar-refractivity contribution in [2.24, 2.45) is 0 Å². The number of alkyl halides is 3. The lowest BCUT2D eigenvalue weighted by molar-refractivity contribution is -0.148. The Balaban J connectivity index is 2.41. The minimum atomic E-state index is -4.63. The third-order valence-electron chi connectivity index (χ3n) is 3.86. The summed E-state index contributed by atoms with van der Waals surface area (Å²) >= 11 is 5.81. The first kappa shape index (κ1) is 20.0. The third kappa shape index (κ3) is 4.27. The fourth-order valence-corrected chi connectivity index (χ4v) is 4.85. The maximum absolute atomic E-state index is 12.8. The van der Waals surface area contributed by atoms with E-state index in [1.807, 2.05) is 0 Å². The Kier molecular flexibility index (Phi) is 6.01. The van der Waals surface area contributed by atoms with Crippen LogP contribution in [0.2, 0.25) is 5.02 Å². The van der Waals surface area contributed by atoms with E-state index in [0.717, 1.165) is 10.4 Å². The van der Waals surface area contributed by atoms with Gasteiger partial charge in [0.05, 0.1) is 17.2 Å². The van der Waals surface area contributed by atoms with Gasteiger partial charge in [-0.15, -0.1) is 0 Å². The summed E-state index contributed by atoms with van der Waals surface area (Å²) in [7, 11) is -4.23. The van der Waals surface area contributed by atoms with Gasteiger partial charge >= 0.3 is 12.1 Å². The normalized spacial score (nSPS) is 19.6. The molecule has 1 aliphatic heterocycles. The van der Waals surface area contributed by atoms with Crippen molar-refractivity contribution in [3.63, 3.8) is 0 Å². The number of carbonyl (C=O) groups excluding carboxylic acids is 1. The van der Waals surface area contributed by atoms with E-state index in [-0.39, 0.29) is 19.6 Å². The van der Waals surface area contributed by atoms with Crippen LogP contribution in [0.5, 0.6) is 0 Å². The standard InChI is InChI=1S/C15H17ClF3NO4S/c1-2-24-14(21)12-5-3-4-8-20(12)25(22,23)13-7-6-10(9-11(13)16)15(17,18)19/h6-7,9,12H,2-5,8H2,1H3/t12-/m0/s1. The number of nitrogens with zero attached hydrogens (tertiary/aromatic N) is 1. The molecule has 0 radical (unpaired) electrons. The third-order valence-corrected chi connectivity index (χ3v) is 6.25. The molecule has 0 aromatic heterocycles. The molecule has 1 heterocycles. The number of hydrogen-bond donors (Lipinski definition) is 0. The van der Waals surface area contributed by atoms with Crippen molar-refractivity contribution in [3.05, 3.63) is 28.8 Å². The predicted molar refractivity (Wildman–Crippen MR) is 84.6 cm³/mol. The van der Waals surface area contributed by atoms with Crippen LogP contribution in [0.4, 0.5) is 13.2 Å². The number of hydrogen-bond acceptors (Lipinski definition) is 4. The Morgan fingerprint density at radius 1 is 1.36 bits per heavy atom. The molecule has 140 valence electrons. The summed E-state index contributed by atoms with van der Waals surface area (Å²) in [6, 6.07) is 1.04. The molecule has 0 bridgehead atoms. The highest BCUT2D eigenvalue weighted by Crippen LogP contribution is 2.35. The van der Waals surface area contributed by atoms with Gasteiger partial charge in [0.1, 0.15) is 10.9 Å². The van der Waals surface area contributed by atoms with Crippen LogP contribution in [-0.2, 0) is 25.7 Å². The number of piperidine rings is 1. The molecule has 0 spiro atoms. The molecule has 1 atom stereocenters. The van der Waals surface area contributed by atoms with Crippen LogP contribution in [0.1, 0.15) is 31.7 Å². The van der Waals surface area contributed by atoms with Crippen molar-refractivity contribution in [1.29, 1.82) is 0 Å². The van der Waals surface area contributed by atoms with Gasteiger partial charge in [0.2, 0.25) is 10.0 Å². The van der Waals surface area contributed by atoms with Crippen molar-refractivity contribution >= 4 is 27.6 Å². The number of rotatable bonds is 4. The van der Waals surface area contributed by atoms with E-state index >= 15 is 0 Å². The molecule has 1 aliphatic rings. The maximum Gasteiger partial charge on any atom is 0.416 e. The number of halogens is 4. The van der Waals surface area contributed by atoms with Gasteiger partial charge in [-0.05, 0) is 44.4 Å². The maximum atomic E-state index is 12.8. The lowest BCUT2D eigenvalue weighted by atomic mass is 10.1. The van der Waals surface area contributed by atoms with E-state index in [2.05, 4.69) is 0 Å². The number of carbonyl (C=O) groups is 1. The molecule has 10 heteroatoms. The number of ether oxygens (including phenoxy) is 1. The first-order valence-corrected chi connectivity index (χ1v) is 9.46. The Morgan fingerprint density at radius 2 is 2.04 bits per heavy atom. The average Bonchev–Trinajstić information content (AvgIpc) is 2.54. The van der Waals surface area contributed by atoms with Crippen molar-refractivity contribution in [2.45, 2.75) is 43.3 Å². The molecule has 1 saturated heterocycles. The van der Waals surface area contributed by atoms with Gasteiger partial charge in [0, 0.05) is 6.54 Å². The predicted octanol–water partition coefficient (Wildman–Crippen LogP) is 3.47. The highest BCUT2D eigenvalue weighted by atomic mass is 35.5. The molecular weight excluding hydrogens is 383 g/mol. The van der Waals surface area contributed by atoms with E-state index in [1.54, 1.807) is 6.92 Å². The number of benzene rings is 1. The van der Waals surface area contributed by atoms with Crippen LogP contribution >= 0.6 is 11.6 Å². The topological polar surface area (TPSA) is 63.7 Å². The second kappa shape index (κ2) is 7.51. The van der Waals surface area contributed by atoms with Gasteiger partial charge in [-0.1, -0.05) is 11.6 Å². The van der Waals surface area contributed by atoms with Gasteiger partial charge < -0.3 is 4.74 Å². The molecule has 0 saturated carbocycles. The van der Waals surface area contributed by atoms with Crippen LogP contribution < -0.4 is 0 Å². The Morgan fingerprint density at radius 3 is 2.60 bits per heavy atom. The molecule has 0 amide bonds. The zero-order chi connectivity index (χ0) is 18.8. The molecular formula is C15H17ClF3NO4S. The summed E-state index contributed by atoms with van der Waals surface area (Å²) in [5.41, 5.74) is -1.04. The van der Waals surface area contributed by atoms with Crippen LogP contribution in [0.25, 0.3) is 0 Å². The second-order valence-electron chi connectivity index (χ2n) is 5.52. The van der Waals surface area contributed by atoms with Crippen molar-refractivity contribution in [2.75, 3.05) is 13.2 Å². The van der Waals surface area contributed by atoms with Crippen LogP contribution in [0.3, 0.4) is 0 Å². The van der Waals surface area contributed by atoms with E-state index in [0.29, 0.717) is 25.0 Å². The summed E-state index contributed by atoms with van der Waals surface area (Å²) in [4.78, 5) is 11.6. The fourth-order valence-electron chi connectivity index (χ4n) is 2.68. The molecule has 25 heavy (non-hydrogen) atoms. The zero-order valence-electron chi connectivity index (χ0n) is 13.3. The Bertz CT molecular complexity index is 752. The van der Waals surface area contributed by atoms with Crippen LogP contribution in [0, 0.1) is 0 Å². The quantitative estimate of drug-likeness (QED) is 0.727. The summed E-state index contributed by atoms with van der Waals surface area (Å²) < 4.78 is 69.7. The number of esters is 1. The SMILES string of the molecule is CCOC(=O)[C@@H]1CCCCN1S(=O)(=O)c1ccc(C(F)(F)F)cc1Cl. The molecule has 0 aliphatic carbocycles. The Hall–Kier alpha value is -1.32. The summed E-state index contributed by atoms with van der Waals surface area (Å²) in [6.45, 7) is 1.78. The molecule has 2 rings (SSSR count). The van der Waals surface area contributed by atoms with Gasteiger partial charge in [-0.25, -0.2) is 8.42 Å². The van der Waals surface area contributed by atoms with Crippen LogP contribution in [0.15, 0.2) is 23.1 Å². The first-order valence-electron chi connectivity index (χ1n) is 7.64. The first-order chi connectivity index (χ1) is 11.6. The molecule has 5 nitrogen and oxygen atoms in total. The molecule has 0 N–H and O–H groups in total. The minimum absolute atomic E-state index is 0.0726. The number of sulfonamides is 1. The van der Waals surface area contributed by atoms with Crippen molar-refractivity contribution in [3.8, 4) is 0 Å². The summed E-state index contributed by atoms with van der Waals surface area (Å²) in [6.07, 6.45) is -3.16. The van der Waals surface area contributed by atoms with E-state index in [9.17, 15) is 26.4 Å². The fraction of sp³-hybridized carbons (Fsp3) is 0.533.